The van der Waals surface area contributed by atoms with Crippen LogP contribution in [0.5, 0.6) is 0 Å². The van der Waals surface area contributed by atoms with Gasteiger partial charge in [-0.1, -0.05) is 12.1 Å². The SMILES string of the molecule is COC1CCN(c2cccc(S(=O)(=O)n3ccc4ccc(N5CCN6CCCC6C5)cc43)c2)C1.O=CO. The highest BCUT2D eigenvalue weighted by atomic mass is 32.2. The number of rotatable bonds is 5. The van der Waals surface area contributed by atoms with E-state index in [-0.39, 0.29) is 12.6 Å². The normalized spacial score (nSPS) is 22.1. The lowest BCUT2D eigenvalue weighted by atomic mass is 10.1. The number of fused-ring (bicyclic) bond motifs is 2. The van der Waals surface area contributed by atoms with Gasteiger partial charge in [0.05, 0.1) is 16.5 Å². The number of anilines is 2. The second-order valence-corrected chi connectivity index (χ2v) is 11.6. The maximum atomic E-state index is 13.7. The topological polar surface area (TPSA) is 95.3 Å². The van der Waals surface area contributed by atoms with Crippen LogP contribution in [0.1, 0.15) is 19.3 Å². The van der Waals surface area contributed by atoms with Crippen LogP contribution >= 0.6 is 0 Å². The zero-order valence-corrected chi connectivity index (χ0v) is 21.9. The van der Waals surface area contributed by atoms with Gasteiger partial charge in [-0.2, -0.15) is 0 Å². The van der Waals surface area contributed by atoms with Crippen molar-refractivity contribution in [2.45, 2.75) is 36.3 Å². The first kappa shape index (κ1) is 25.6. The third kappa shape index (κ3) is 5.05. The number of nitrogens with zero attached hydrogens (tertiary/aromatic N) is 4. The highest BCUT2D eigenvalue weighted by molar-refractivity contribution is 7.90. The molecule has 0 aliphatic carbocycles. The predicted molar refractivity (Wildman–Crippen MR) is 144 cm³/mol. The van der Waals surface area contributed by atoms with Crippen molar-refractivity contribution >= 4 is 38.8 Å². The number of carboxylic acid groups (broad SMARTS) is 1. The second kappa shape index (κ2) is 10.7. The van der Waals surface area contributed by atoms with Crippen molar-refractivity contribution in [2.75, 3.05) is 56.2 Å². The maximum Gasteiger partial charge on any atom is 0.290 e. The monoisotopic (exact) mass is 526 g/mol. The van der Waals surface area contributed by atoms with Gasteiger partial charge in [-0.3, -0.25) is 9.69 Å². The van der Waals surface area contributed by atoms with Gasteiger partial charge >= 0.3 is 0 Å². The quantitative estimate of drug-likeness (QED) is 0.507. The van der Waals surface area contributed by atoms with Gasteiger partial charge in [-0.05, 0) is 62.2 Å². The largest absolute Gasteiger partial charge is 0.483 e. The Kier molecular flexibility index (Phi) is 7.41. The Hall–Kier alpha value is -3.08. The molecule has 6 rings (SSSR count). The summed E-state index contributed by atoms with van der Waals surface area (Å²) >= 11 is 0. The number of benzene rings is 2. The molecule has 2 unspecified atom stereocenters. The summed E-state index contributed by atoms with van der Waals surface area (Å²) in [6.45, 7) is 5.68. The van der Waals surface area contributed by atoms with Crippen molar-refractivity contribution in [3.63, 3.8) is 0 Å². The van der Waals surface area contributed by atoms with E-state index < -0.39 is 10.0 Å². The number of piperazine rings is 1. The van der Waals surface area contributed by atoms with Crippen LogP contribution in [0.15, 0.2) is 59.6 Å². The summed E-state index contributed by atoms with van der Waals surface area (Å²) in [6, 6.07) is 16.0. The van der Waals surface area contributed by atoms with Crippen molar-refractivity contribution in [3.8, 4) is 0 Å². The van der Waals surface area contributed by atoms with E-state index in [9.17, 15) is 8.42 Å². The van der Waals surface area contributed by atoms with Crippen LogP contribution in [0, 0.1) is 0 Å². The molecule has 0 bridgehead atoms. The van der Waals surface area contributed by atoms with Crippen molar-refractivity contribution in [1.82, 2.24) is 8.87 Å². The minimum absolute atomic E-state index is 0.193. The number of ether oxygens (including phenoxy) is 1. The molecule has 1 aromatic heterocycles. The summed E-state index contributed by atoms with van der Waals surface area (Å²) in [7, 11) is -1.99. The molecule has 10 heteroatoms. The molecule has 2 atom stereocenters. The van der Waals surface area contributed by atoms with Gasteiger partial charge in [-0.15, -0.1) is 0 Å². The minimum Gasteiger partial charge on any atom is -0.483 e. The average Bonchev–Trinajstić information content (AvgIpc) is 3.68. The maximum absolute atomic E-state index is 13.7. The fourth-order valence-corrected chi connectivity index (χ4v) is 7.22. The Bertz CT molecular complexity index is 1360. The molecule has 37 heavy (non-hydrogen) atoms. The van der Waals surface area contributed by atoms with E-state index >= 15 is 0 Å². The van der Waals surface area contributed by atoms with Crippen LogP contribution in [0.3, 0.4) is 0 Å². The van der Waals surface area contributed by atoms with Gasteiger partial charge in [0.2, 0.25) is 0 Å². The number of hydrogen-bond acceptors (Lipinski definition) is 7. The lowest BCUT2D eigenvalue weighted by Gasteiger charge is -2.38. The fraction of sp³-hybridized carbons (Fsp3) is 0.444. The molecule has 198 valence electrons. The molecule has 3 saturated heterocycles. The van der Waals surface area contributed by atoms with Gasteiger partial charge in [0.1, 0.15) is 0 Å². The van der Waals surface area contributed by atoms with Crippen molar-refractivity contribution < 1.29 is 23.1 Å². The fourth-order valence-electron chi connectivity index (χ4n) is 5.83. The Labute approximate surface area is 217 Å². The third-order valence-electron chi connectivity index (χ3n) is 7.81. The molecule has 0 spiro atoms. The summed E-state index contributed by atoms with van der Waals surface area (Å²) in [4.78, 5) is 15.9. The van der Waals surface area contributed by atoms with Gasteiger partial charge in [0.25, 0.3) is 16.5 Å². The molecule has 0 radical (unpaired) electrons. The molecular weight excluding hydrogens is 492 g/mol. The first-order valence-corrected chi connectivity index (χ1v) is 14.2. The molecule has 3 fully saturated rings. The molecule has 1 N–H and O–H groups in total. The lowest BCUT2D eigenvalue weighted by molar-refractivity contribution is -0.122. The predicted octanol–water partition coefficient (Wildman–Crippen LogP) is 3.09. The van der Waals surface area contributed by atoms with Gasteiger partial charge in [-0.25, -0.2) is 12.4 Å². The number of aromatic nitrogens is 1. The molecule has 4 heterocycles. The summed E-state index contributed by atoms with van der Waals surface area (Å²) in [5, 5.41) is 7.82. The molecule has 3 aromatic rings. The van der Waals surface area contributed by atoms with Crippen molar-refractivity contribution in [1.29, 1.82) is 0 Å². The Morgan fingerprint density at radius 3 is 2.51 bits per heavy atom. The van der Waals surface area contributed by atoms with Gasteiger partial charge < -0.3 is 19.6 Å². The van der Waals surface area contributed by atoms with Crippen LogP contribution < -0.4 is 9.80 Å². The number of hydrogen-bond donors (Lipinski definition) is 1. The van der Waals surface area contributed by atoms with E-state index in [4.69, 9.17) is 14.6 Å². The molecule has 3 aliphatic heterocycles. The van der Waals surface area contributed by atoms with E-state index in [1.54, 1.807) is 25.4 Å². The summed E-state index contributed by atoms with van der Waals surface area (Å²) < 4.78 is 34.4. The van der Waals surface area contributed by atoms with E-state index in [1.165, 1.54) is 23.4 Å². The molecule has 0 amide bonds. The smallest absolute Gasteiger partial charge is 0.290 e. The van der Waals surface area contributed by atoms with E-state index in [2.05, 4.69) is 20.8 Å². The van der Waals surface area contributed by atoms with Gasteiger partial charge in [0.15, 0.2) is 0 Å². The highest BCUT2D eigenvalue weighted by Gasteiger charge is 2.31. The van der Waals surface area contributed by atoms with Crippen LogP contribution in [0.4, 0.5) is 11.4 Å². The van der Waals surface area contributed by atoms with E-state index in [1.807, 2.05) is 30.3 Å². The Morgan fingerprint density at radius 1 is 0.946 bits per heavy atom. The molecule has 9 nitrogen and oxygen atoms in total. The highest BCUT2D eigenvalue weighted by Crippen LogP contribution is 2.31. The average molecular weight is 527 g/mol. The molecular formula is C27H34N4O5S. The Morgan fingerprint density at radius 2 is 1.73 bits per heavy atom. The van der Waals surface area contributed by atoms with Crippen LogP contribution in [0.25, 0.3) is 10.9 Å². The first-order valence-electron chi connectivity index (χ1n) is 12.8. The summed E-state index contributed by atoms with van der Waals surface area (Å²) in [6.07, 6.45) is 5.36. The van der Waals surface area contributed by atoms with Crippen molar-refractivity contribution in [3.05, 3.63) is 54.7 Å². The molecule has 2 aromatic carbocycles. The van der Waals surface area contributed by atoms with Crippen molar-refractivity contribution in [2.24, 2.45) is 0 Å². The molecule has 0 saturated carbocycles. The van der Waals surface area contributed by atoms with Crippen LogP contribution in [-0.2, 0) is 19.6 Å². The number of carbonyl (C=O) groups is 1. The Balaban J connectivity index is 0.000000892. The van der Waals surface area contributed by atoms with Crippen LogP contribution in [-0.4, -0.2) is 87.4 Å². The summed E-state index contributed by atoms with van der Waals surface area (Å²) in [5.74, 6) is 0. The van der Waals surface area contributed by atoms with Gasteiger partial charge in [0, 0.05) is 68.8 Å². The number of methoxy groups -OCH3 is 1. The first-order chi connectivity index (χ1) is 17.9. The lowest BCUT2D eigenvalue weighted by Crippen LogP contribution is -2.50. The zero-order chi connectivity index (χ0) is 26.0. The van der Waals surface area contributed by atoms with Crippen LogP contribution in [0.2, 0.25) is 0 Å². The zero-order valence-electron chi connectivity index (χ0n) is 21.1. The van der Waals surface area contributed by atoms with E-state index in [0.29, 0.717) is 10.9 Å². The summed E-state index contributed by atoms with van der Waals surface area (Å²) in [5.41, 5.74) is 2.76. The third-order valence-corrected chi connectivity index (χ3v) is 9.50. The minimum atomic E-state index is -3.72. The standard InChI is InChI=1S/C26H32N4O3S.CH2O2/c1-33-24-10-12-28(19-24)21-4-2-6-25(16-21)34(31,32)30-13-9-20-7-8-22(17-26(20)30)29-15-14-27-11-3-5-23(27)18-29;2-1-3/h2,4,6-9,13,16-17,23-24H,3,5,10-12,14-15,18-19H2,1H3;1H,(H,2,3). The molecule has 3 aliphatic rings. The second-order valence-electron chi connectivity index (χ2n) is 9.83. The van der Waals surface area contributed by atoms with E-state index in [0.717, 1.165) is 61.4 Å².